The van der Waals surface area contributed by atoms with Crippen LogP contribution < -0.4 is 14.6 Å². The number of halogens is 2. The number of hydrogen-bond acceptors (Lipinski definition) is 5. The Morgan fingerprint density at radius 3 is 2.29 bits per heavy atom. The van der Waals surface area contributed by atoms with Crippen molar-refractivity contribution in [1.29, 1.82) is 0 Å². The molecule has 0 amide bonds. The monoisotopic (exact) mass is 268 g/mol. The van der Waals surface area contributed by atoms with Gasteiger partial charge in [0.05, 0.1) is 26.0 Å². The normalized spacial score (nSPS) is 11.6. The summed E-state index contributed by atoms with van der Waals surface area (Å²) in [5.74, 6) is -0.867. The van der Waals surface area contributed by atoms with Crippen LogP contribution in [0.2, 0.25) is 0 Å². The van der Waals surface area contributed by atoms with Crippen LogP contribution in [0.25, 0.3) is 0 Å². The first-order chi connectivity index (χ1) is 7.82. The highest BCUT2D eigenvalue weighted by atomic mass is 32.2. The van der Waals surface area contributed by atoms with Gasteiger partial charge in [-0.1, -0.05) is 0 Å². The molecule has 0 saturated carbocycles. The predicted octanol–water partition coefficient (Wildman–Crippen LogP) is 0.684. The molecule has 17 heavy (non-hydrogen) atoms. The van der Waals surface area contributed by atoms with E-state index in [0.29, 0.717) is 0 Å². The lowest BCUT2D eigenvalue weighted by Gasteiger charge is -2.13. The summed E-state index contributed by atoms with van der Waals surface area (Å²) in [6.07, 6.45) is -2.15. The van der Waals surface area contributed by atoms with Crippen LogP contribution in [-0.2, 0) is 10.0 Å². The van der Waals surface area contributed by atoms with E-state index in [1.54, 1.807) is 0 Å². The molecule has 6 nitrogen and oxygen atoms in total. The molecule has 0 atom stereocenters. The maximum absolute atomic E-state index is 12.8. The third-order valence-electron chi connectivity index (χ3n) is 1.92. The molecule has 0 saturated heterocycles. The minimum absolute atomic E-state index is 0.371. The molecular weight excluding hydrogens is 258 g/mol. The average Bonchev–Trinajstić information content (AvgIpc) is 2.25. The van der Waals surface area contributed by atoms with Gasteiger partial charge < -0.3 is 9.47 Å². The van der Waals surface area contributed by atoms with Crippen LogP contribution in [-0.4, -0.2) is 27.6 Å². The Labute approximate surface area is 96.4 Å². The van der Waals surface area contributed by atoms with Crippen molar-refractivity contribution >= 4 is 10.0 Å². The summed E-state index contributed by atoms with van der Waals surface area (Å²) in [5.41, 5.74) is -0.859. The Balaban J connectivity index is 3.71. The lowest BCUT2D eigenvalue weighted by atomic mass is 10.2. The number of nitrogens with zero attached hydrogens (tertiary/aromatic N) is 1. The molecule has 0 unspecified atom stereocenters. The van der Waals surface area contributed by atoms with Crippen LogP contribution in [0.3, 0.4) is 0 Å². The zero-order valence-corrected chi connectivity index (χ0v) is 9.79. The Morgan fingerprint density at radius 1 is 1.35 bits per heavy atom. The Morgan fingerprint density at radius 2 is 1.94 bits per heavy atom. The third-order valence-corrected chi connectivity index (χ3v) is 2.88. The number of pyridine rings is 1. The van der Waals surface area contributed by atoms with Gasteiger partial charge in [-0.3, -0.25) is 0 Å². The number of primary sulfonamides is 1. The Hall–Kier alpha value is -1.48. The molecule has 9 heteroatoms. The summed E-state index contributed by atoms with van der Waals surface area (Å²) in [6, 6.07) is 0. The summed E-state index contributed by atoms with van der Waals surface area (Å²) in [4.78, 5) is 2.67. The first-order valence-electron chi connectivity index (χ1n) is 4.24. The number of alkyl halides is 2. The second-order valence-corrected chi connectivity index (χ2v) is 4.42. The largest absolute Gasteiger partial charge is 0.495 e. The molecular formula is C8H10F2N2O4S. The highest BCUT2D eigenvalue weighted by Gasteiger charge is 2.30. The second-order valence-electron chi connectivity index (χ2n) is 2.92. The average molecular weight is 268 g/mol. The van der Waals surface area contributed by atoms with Crippen molar-refractivity contribution in [3.05, 3.63) is 11.8 Å². The Kier molecular flexibility index (Phi) is 3.83. The van der Waals surface area contributed by atoms with Crippen molar-refractivity contribution in [2.75, 3.05) is 14.2 Å². The summed E-state index contributed by atoms with van der Waals surface area (Å²) in [7, 11) is -2.19. The second kappa shape index (κ2) is 4.80. The molecule has 96 valence electrons. The number of nitrogens with two attached hydrogens (primary N) is 1. The standard InChI is InChI=1S/C8H10F2N2O4S/c1-15-4-3-12-8(16-2)6(17(11,13)14)5(4)7(9)10/h3,7H,1-2H3,(H2,11,13,14). The molecule has 0 aliphatic rings. The lowest BCUT2D eigenvalue weighted by Crippen LogP contribution is -2.17. The van der Waals surface area contributed by atoms with Crippen molar-refractivity contribution in [2.45, 2.75) is 11.3 Å². The van der Waals surface area contributed by atoms with Crippen LogP contribution in [0, 0.1) is 0 Å². The SMILES string of the molecule is COc1cnc(OC)c(S(N)(=O)=O)c1C(F)F. The number of ether oxygens (including phenoxy) is 2. The first-order valence-corrected chi connectivity index (χ1v) is 5.79. The fourth-order valence-electron chi connectivity index (χ4n) is 1.26. The Bertz CT molecular complexity index is 519. The number of aromatic nitrogens is 1. The van der Waals surface area contributed by atoms with Gasteiger partial charge in [-0.2, -0.15) is 0 Å². The first kappa shape index (κ1) is 13.6. The topological polar surface area (TPSA) is 91.5 Å². The van der Waals surface area contributed by atoms with E-state index in [9.17, 15) is 17.2 Å². The number of sulfonamides is 1. The van der Waals surface area contributed by atoms with Crippen LogP contribution in [0.15, 0.2) is 11.1 Å². The van der Waals surface area contributed by atoms with Crippen LogP contribution in [0.1, 0.15) is 12.0 Å². The molecule has 0 spiro atoms. The van der Waals surface area contributed by atoms with Gasteiger partial charge in [0.25, 0.3) is 6.43 Å². The van der Waals surface area contributed by atoms with Gasteiger partial charge in [0.1, 0.15) is 5.75 Å². The quantitative estimate of drug-likeness (QED) is 0.867. The van der Waals surface area contributed by atoms with Gasteiger partial charge in [-0.05, 0) is 0 Å². The fraction of sp³-hybridized carbons (Fsp3) is 0.375. The zero-order valence-electron chi connectivity index (χ0n) is 8.98. The smallest absolute Gasteiger partial charge is 0.268 e. The minimum Gasteiger partial charge on any atom is -0.495 e. The van der Waals surface area contributed by atoms with Crippen molar-refractivity contribution in [3.8, 4) is 11.6 Å². The molecule has 1 aromatic rings. The van der Waals surface area contributed by atoms with Crippen LogP contribution in [0.5, 0.6) is 11.6 Å². The molecule has 1 rings (SSSR count). The van der Waals surface area contributed by atoms with E-state index in [0.717, 1.165) is 20.4 Å². The summed E-state index contributed by atoms with van der Waals surface area (Å²) in [6.45, 7) is 0. The van der Waals surface area contributed by atoms with Gasteiger partial charge in [-0.15, -0.1) is 0 Å². The highest BCUT2D eigenvalue weighted by molar-refractivity contribution is 7.89. The molecule has 0 bridgehead atoms. The highest BCUT2D eigenvalue weighted by Crippen LogP contribution is 2.37. The van der Waals surface area contributed by atoms with E-state index in [2.05, 4.69) is 14.5 Å². The molecule has 1 heterocycles. The number of hydrogen-bond donors (Lipinski definition) is 1. The number of rotatable bonds is 4. The fourth-order valence-corrected chi connectivity index (χ4v) is 2.14. The van der Waals surface area contributed by atoms with Crippen LogP contribution in [0.4, 0.5) is 8.78 Å². The molecule has 2 N–H and O–H groups in total. The van der Waals surface area contributed by atoms with Crippen molar-refractivity contribution in [2.24, 2.45) is 5.14 Å². The molecule has 0 fully saturated rings. The van der Waals surface area contributed by atoms with Gasteiger partial charge >= 0.3 is 0 Å². The van der Waals surface area contributed by atoms with Gasteiger partial charge in [-0.25, -0.2) is 27.3 Å². The maximum atomic E-state index is 12.8. The van der Waals surface area contributed by atoms with E-state index in [4.69, 9.17) is 5.14 Å². The van der Waals surface area contributed by atoms with Gasteiger partial charge in [0, 0.05) is 0 Å². The summed E-state index contributed by atoms with van der Waals surface area (Å²) >= 11 is 0. The van der Waals surface area contributed by atoms with E-state index in [1.165, 1.54) is 0 Å². The lowest BCUT2D eigenvalue weighted by molar-refractivity contribution is 0.142. The zero-order chi connectivity index (χ0) is 13.2. The van der Waals surface area contributed by atoms with Crippen molar-refractivity contribution in [3.63, 3.8) is 0 Å². The van der Waals surface area contributed by atoms with E-state index >= 15 is 0 Å². The van der Waals surface area contributed by atoms with E-state index < -0.39 is 32.8 Å². The van der Waals surface area contributed by atoms with E-state index in [-0.39, 0.29) is 5.75 Å². The molecule has 0 aliphatic heterocycles. The van der Waals surface area contributed by atoms with Gasteiger partial charge in [0.2, 0.25) is 15.9 Å². The summed E-state index contributed by atoms with van der Waals surface area (Å²) in [5, 5.41) is 4.86. The minimum atomic E-state index is -4.40. The van der Waals surface area contributed by atoms with Gasteiger partial charge in [0.15, 0.2) is 4.90 Å². The summed E-state index contributed by atoms with van der Waals surface area (Å²) < 4.78 is 57.5. The third kappa shape index (κ3) is 2.61. The molecule has 0 aromatic carbocycles. The number of methoxy groups -OCH3 is 2. The van der Waals surface area contributed by atoms with Crippen molar-refractivity contribution in [1.82, 2.24) is 4.98 Å². The van der Waals surface area contributed by atoms with Crippen molar-refractivity contribution < 1.29 is 26.7 Å². The molecule has 1 aromatic heterocycles. The molecule has 0 aliphatic carbocycles. The molecule has 0 radical (unpaired) electrons. The van der Waals surface area contributed by atoms with E-state index in [1.807, 2.05) is 0 Å². The predicted molar refractivity (Wildman–Crippen MR) is 53.7 cm³/mol. The van der Waals surface area contributed by atoms with Crippen LogP contribution >= 0.6 is 0 Å². The maximum Gasteiger partial charge on any atom is 0.268 e.